The first kappa shape index (κ1) is 23.4. The van der Waals surface area contributed by atoms with Crippen LogP contribution in [0.15, 0.2) is 60.8 Å². The zero-order valence-electron chi connectivity index (χ0n) is 21.7. The van der Waals surface area contributed by atoms with E-state index < -0.39 is 5.91 Å². The Morgan fingerprint density at radius 1 is 1.03 bits per heavy atom. The van der Waals surface area contributed by atoms with E-state index in [2.05, 4.69) is 30.1 Å². The van der Waals surface area contributed by atoms with Crippen molar-refractivity contribution in [3.8, 4) is 17.0 Å². The van der Waals surface area contributed by atoms with Gasteiger partial charge in [-0.2, -0.15) is 5.10 Å². The molecule has 3 fully saturated rings. The molecule has 1 amide bonds. The lowest BCUT2D eigenvalue weighted by Gasteiger charge is -2.36. The number of aromatic nitrogens is 3. The Bertz CT molecular complexity index is 1490. The summed E-state index contributed by atoms with van der Waals surface area (Å²) in [4.78, 5) is 19.2. The van der Waals surface area contributed by atoms with Crippen molar-refractivity contribution in [1.82, 2.24) is 19.7 Å². The Morgan fingerprint density at radius 2 is 1.79 bits per heavy atom. The molecule has 4 aromatic rings. The van der Waals surface area contributed by atoms with E-state index in [1.54, 1.807) is 6.07 Å². The highest BCUT2D eigenvalue weighted by molar-refractivity contribution is 6.01. The normalized spacial score (nSPS) is 23.1. The van der Waals surface area contributed by atoms with Crippen LogP contribution in [0.4, 0.5) is 0 Å². The highest BCUT2D eigenvalue weighted by Crippen LogP contribution is 2.41. The van der Waals surface area contributed by atoms with Crippen molar-refractivity contribution < 1.29 is 9.53 Å². The fourth-order valence-electron chi connectivity index (χ4n) is 6.50. The van der Waals surface area contributed by atoms with Crippen LogP contribution in [0.2, 0.25) is 0 Å². The molecule has 2 unspecified atom stereocenters. The van der Waals surface area contributed by atoms with E-state index in [-0.39, 0.29) is 6.10 Å². The second-order valence-corrected chi connectivity index (χ2v) is 11.2. The molecule has 2 aromatic heterocycles. The topological polar surface area (TPSA) is 86.3 Å². The lowest BCUT2D eigenvalue weighted by molar-refractivity contribution is 0.0662. The Hall–Kier alpha value is -3.71. The SMILES string of the molecule is CN1C2CCC1CC(Oc1ccc(-c3nn(Cc4ncccc4C4CC4)c4ccc(C(N)=O)cc34)cc1)C2. The fourth-order valence-corrected chi connectivity index (χ4v) is 6.50. The number of carbonyl (C=O) groups excluding carboxylic acids is 1. The van der Waals surface area contributed by atoms with Crippen molar-refractivity contribution in [1.29, 1.82) is 0 Å². The van der Waals surface area contributed by atoms with Crippen molar-refractivity contribution in [3.63, 3.8) is 0 Å². The molecular weight excluding hydrogens is 474 g/mol. The van der Waals surface area contributed by atoms with Crippen LogP contribution in [0.5, 0.6) is 5.75 Å². The van der Waals surface area contributed by atoms with Crippen LogP contribution in [0.25, 0.3) is 22.2 Å². The van der Waals surface area contributed by atoms with Gasteiger partial charge in [-0.3, -0.25) is 14.5 Å². The summed E-state index contributed by atoms with van der Waals surface area (Å²) in [5.41, 5.74) is 11.2. The number of rotatable bonds is 7. The highest BCUT2D eigenvalue weighted by Gasteiger charge is 2.39. The summed E-state index contributed by atoms with van der Waals surface area (Å²) in [5, 5.41) is 5.94. The number of nitrogens with zero attached hydrogens (tertiary/aromatic N) is 4. The first-order chi connectivity index (χ1) is 18.5. The van der Waals surface area contributed by atoms with Crippen molar-refractivity contribution in [2.45, 2.75) is 69.2 Å². The number of nitrogens with two attached hydrogens (primary N) is 1. The summed E-state index contributed by atoms with van der Waals surface area (Å²) in [7, 11) is 2.25. The first-order valence-electron chi connectivity index (χ1n) is 13.8. The maximum Gasteiger partial charge on any atom is 0.248 e. The van der Waals surface area contributed by atoms with Crippen molar-refractivity contribution in [3.05, 3.63) is 77.6 Å². The third kappa shape index (κ3) is 4.25. The summed E-state index contributed by atoms with van der Waals surface area (Å²) < 4.78 is 8.42. The van der Waals surface area contributed by atoms with Crippen molar-refractivity contribution in [2.24, 2.45) is 5.73 Å². The quantitative estimate of drug-likeness (QED) is 0.375. The number of benzene rings is 2. The van der Waals surface area contributed by atoms with Gasteiger partial charge in [0.25, 0.3) is 0 Å². The van der Waals surface area contributed by atoms with Crippen molar-refractivity contribution in [2.75, 3.05) is 7.05 Å². The number of hydrogen-bond acceptors (Lipinski definition) is 5. The van der Waals surface area contributed by atoms with Crippen LogP contribution >= 0.6 is 0 Å². The maximum absolute atomic E-state index is 12.0. The van der Waals surface area contributed by atoms with Gasteiger partial charge in [0.15, 0.2) is 0 Å². The summed E-state index contributed by atoms with van der Waals surface area (Å²) in [5.74, 6) is 1.06. The number of carbonyl (C=O) groups is 1. The monoisotopic (exact) mass is 507 g/mol. The van der Waals surface area contributed by atoms with E-state index in [1.165, 1.54) is 31.2 Å². The number of pyridine rings is 1. The van der Waals surface area contributed by atoms with Crippen LogP contribution in [-0.2, 0) is 6.54 Å². The van der Waals surface area contributed by atoms with Crippen molar-refractivity contribution >= 4 is 16.8 Å². The molecule has 2 aromatic carbocycles. The van der Waals surface area contributed by atoms with Crippen LogP contribution in [0, 0.1) is 0 Å². The molecule has 0 spiro atoms. The molecule has 2 N–H and O–H groups in total. The molecule has 1 saturated carbocycles. The van der Waals surface area contributed by atoms with Crippen LogP contribution in [0.3, 0.4) is 0 Å². The van der Waals surface area contributed by atoms with E-state index in [4.69, 9.17) is 20.6 Å². The summed E-state index contributed by atoms with van der Waals surface area (Å²) in [6.45, 7) is 0.582. The number of fused-ring (bicyclic) bond motifs is 3. The van der Waals surface area contributed by atoms with Crippen LogP contribution in [-0.4, -0.2) is 50.8 Å². The molecule has 4 heterocycles. The van der Waals surface area contributed by atoms with Gasteiger partial charge in [-0.1, -0.05) is 6.07 Å². The Balaban J connectivity index is 1.20. The van der Waals surface area contributed by atoms with E-state index >= 15 is 0 Å². The average Bonchev–Trinajstić information content (AvgIpc) is 3.68. The molecule has 2 saturated heterocycles. The largest absolute Gasteiger partial charge is 0.490 e. The van der Waals surface area contributed by atoms with Gasteiger partial charge in [-0.05, 0) is 106 Å². The minimum absolute atomic E-state index is 0.270. The zero-order valence-corrected chi connectivity index (χ0v) is 21.7. The minimum atomic E-state index is -0.442. The van der Waals surface area contributed by atoms with Gasteiger partial charge in [0, 0.05) is 34.8 Å². The van der Waals surface area contributed by atoms with Gasteiger partial charge in [0.1, 0.15) is 17.5 Å². The molecule has 0 radical (unpaired) electrons. The average molecular weight is 508 g/mol. The number of ether oxygens (including phenoxy) is 1. The smallest absolute Gasteiger partial charge is 0.248 e. The van der Waals surface area contributed by atoms with E-state index in [0.29, 0.717) is 30.1 Å². The van der Waals surface area contributed by atoms with Gasteiger partial charge in [-0.25, -0.2) is 0 Å². The fraction of sp³-hybridized carbons (Fsp3) is 0.387. The van der Waals surface area contributed by atoms with Crippen LogP contribution in [0.1, 0.15) is 66.1 Å². The lowest BCUT2D eigenvalue weighted by Crippen LogP contribution is -2.43. The molecule has 2 bridgehead atoms. The molecule has 1 aliphatic carbocycles. The predicted molar refractivity (Wildman–Crippen MR) is 147 cm³/mol. The lowest BCUT2D eigenvalue weighted by atomic mass is 10.0. The van der Waals surface area contributed by atoms with Gasteiger partial charge in [0.2, 0.25) is 5.91 Å². The number of piperidine rings is 1. The summed E-state index contributed by atoms with van der Waals surface area (Å²) in [6, 6.07) is 19.3. The Labute approximate surface area is 222 Å². The standard InChI is InChI=1S/C31H33N5O2/c1-35-22-9-10-23(35)17-25(16-22)38-24-11-6-20(7-12-24)30-27-15-21(31(32)37)8-13-29(27)36(34-30)18-28-26(19-4-5-19)3-2-14-33-28/h2-3,6-8,11-15,19,22-23,25H,4-5,9-10,16-18H2,1H3,(H2,32,37). The first-order valence-corrected chi connectivity index (χ1v) is 13.8. The number of primary amides is 1. The summed E-state index contributed by atoms with van der Waals surface area (Å²) in [6.07, 6.45) is 9.32. The molecular formula is C31H33N5O2. The molecule has 38 heavy (non-hydrogen) atoms. The Kier molecular flexibility index (Phi) is 5.69. The van der Waals surface area contributed by atoms with Gasteiger partial charge < -0.3 is 15.4 Å². The van der Waals surface area contributed by atoms with E-state index in [0.717, 1.165) is 46.4 Å². The number of hydrogen-bond donors (Lipinski definition) is 1. The van der Waals surface area contributed by atoms with E-state index in [9.17, 15) is 4.79 Å². The van der Waals surface area contributed by atoms with E-state index in [1.807, 2.05) is 41.2 Å². The van der Waals surface area contributed by atoms with Gasteiger partial charge in [0.05, 0.1) is 17.8 Å². The van der Waals surface area contributed by atoms with Gasteiger partial charge >= 0.3 is 0 Å². The maximum atomic E-state index is 12.0. The Morgan fingerprint density at radius 3 is 2.50 bits per heavy atom. The predicted octanol–water partition coefficient (Wildman–Crippen LogP) is 5.13. The molecule has 194 valence electrons. The number of amides is 1. The third-order valence-corrected chi connectivity index (χ3v) is 8.76. The molecule has 7 rings (SSSR count). The highest BCUT2D eigenvalue weighted by atomic mass is 16.5. The molecule has 7 heteroatoms. The molecule has 2 aliphatic heterocycles. The van der Waals surface area contributed by atoms with Gasteiger partial charge in [-0.15, -0.1) is 0 Å². The van der Waals surface area contributed by atoms with Crippen LogP contribution < -0.4 is 10.5 Å². The summed E-state index contributed by atoms with van der Waals surface area (Å²) >= 11 is 0. The second kappa shape index (κ2) is 9.24. The zero-order chi connectivity index (χ0) is 25.8. The molecule has 3 aliphatic rings. The second-order valence-electron chi connectivity index (χ2n) is 11.2. The third-order valence-electron chi connectivity index (χ3n) is 8.76. The molecule has 2 atom stereocenters. The minimum Gasteiger partial charge on any atom is -0.490 e. The molecule has 7 nitrogen and oxygen atoms in total.